The number of benzene rings is 1. The van der Waals surface area contributed by atoms with E-state index in [0.29, 0.717) is 11.7 Å². The quantitative estimate of drug-likeness (QED) is 0.290. The van der Waals surface area contributed by atoms with Crippen LogP contribution >= 0.6 is 0 Å². The largest absolute Gasteiger partial charge is 2.00 e. The van der Waals surface area contributed by atoms with Crippen molar-refractivity contribution >= 4 is 10.4 Å². The van der Waals surface area contributed by atoms with E-state index in [-0.39, 0.29) is 17.1 Å². The Morgan fingerprint density at radius 3 is 1.76 bits per heavy atom. The first kappa shape index (κ1) is 18.7. The Labute approximate surface area is 111 Å². The van der Waals surface area contributed by atoms with Gasteiger partial charge in [0.15, 0.2) is 5.75 Å². The molecule has 0 saturated heterocycles. The first-order valence-electron chi connectivity index (χ1n) is 4.32. The molecule has 0 atom stereocenters. The predicted molar refractivity (Wildman–Crippen MR) is 54.3 cm³/mol. The minimum absolute atomic E-state index is 0. The summed E-state index contributed by atoms with van der Waals surface area (Å²) in [7, 11) is -5.17. The molecule has 0 bridgehead atoms. The number of rotatable bonds is 2. The minimum Gasteiger partial charge on any atom is -0.759 e. The van der Waals surface area contributed by atoms with E-state index in [1.165, 1.54) is 5.56 Å². The van der Waals surface area contributed by atoms with Crippen molar-refractivity contribution in [2.24, 2.45) is 0 Å². The molecule has 1 aromatic carbocycles. The van der Waals surface area contributed by atoms with Crippen LogP contribution in [-0.4, -0.2) is 22.8 Å². The van der Waals surface area contributed by atoms with Crippen LogP contribution < -0.4 is 4.89 Å². The van der Waals surface area contributed by atoms with Gasteiger partial charge in [-0.2, -0.15) is 0 Å². The van der Waals surface area contributed by atoms with Crippen molar-refractivity contribution in [1.29, 1.82) is 0 Å². The molecule has 0 amide bonds. The molecule has 0 aliphatic heterocycles. The third-order valence-electron chi connectivity index (χ3n) is 1.65. The summed E-state index contributed by atoms with van der Waals surface area (Å²) < 4.78 is 34.1. The molecular formula is C9H12FeO6S. The molecule has 0 spiro atoms. The van der Waals surface area contributed by atoms with Crippen LogP contribution in [0.4, 0.5) is 0 Å². The maximum atomic E-state index is 8.52. The SMILES string of the molecule is CC(C)c1ccc(OO)cc1.O=S(=O)([O-])[O-].[Fe+2]. The molecule has 0 saturated carbocycles. The van der Waals surface area contributed by atoms with Crippen LogP contribution in [0.15, 0.2) is 24.3 Å². The fraction of sp³-hybridized carbons (Fsp3) is 0.333. The third-order valence-corrected chi connectivity index (χ3v) is 1.65. The molecule has 0 unspecified atom stereocenters. The summed E-state index contributed by atoms with van der Waals surface area (Å²) >= 11 is 0. The van der Waals surface area contributed by atoms with E-state index in [1.54, 1.807) is 12.1 Å². The van der Waals surface area contributed by atoms with Gasteiger partial charge >= 0.3 is 17.1 Å². The van der Waals surface area contributed by atoms with Gasteiger partial charge in [0.05, 0.1) is 0 Å². The summed E-state index contributed by atoms with van der Waals surface area (Å²) in [5.74, 6) is 0.997. The maximum absolute atomic E-state index is 8.52. The molecule has 1 aromatic rings. The minimum atomic E-state index is -5.17. The van der Waals surface area contributed by atoms with E-state index in [0.717, 1.165) is 0 Å². The molecule has 0 aromatic heterocycles. The van der Waals surface area contributed by atoms with Gasteiger partial charge < -0.3 is 14.0 Å². The van der Waals surface area contributed by atoms with Gasteiger partial charge in [0, 0.05) is 10.4 Å². The average Bonchev–Trinajstić information content (AvgIpc) is 2.15. The van der Waals surface area contributed by atoms with E-state index < -0.39 is 10.4 Å². The van der Waals surface area contributed by atoms with Gasteiger partial charge in [0.1, 0.15) is 0 Å². The van der Waals surface area contributed by atoms with Crippen molar-refractivity contribution in [2.45, 2.75) is 19.8 Å². The summed E-state index contributed by atoms with van der Waals surface area (Å²) in [4.78, 5) is 4.05. The van der Waals surface area contributed by atoms with Crippen molar-refractivity contribution in [3.8, 4) is 5.75 Å². The normalized spacial score (nSPS) is 10.0. The Balaban J connectivity index is 0. The zero-order valence-corrected chi connectivity index (χ0v) is 11.1. The fourth-order valence-corrected chi connectivity index (χ4v) is 0.914. The van der Waals surface area contributed by atoms with Gasteiger partial charge in [-0.1, -0.05) is 26.0 Å². The van der Waals surface area contributed by atoms with E-state index in [4.69, 9.17) is 22.8 Å². The van der Waals surface area contributed by atoms with E-state index in [2.05, 4.69) is 18.7 Å². The molecule has 98 valence electrons. The third kappa shape index (κ3) is 11.6. The summed E-state index contributed by atoms with van der Waals surface area (Å²) in [6.45, 7) is 4.24. The molecule has 6 nitrogen and oxygen atoms in total. The smallest absolute Gasteiger partial charge is 0.759 e. The molecular weight excluding hydrogens is 292 g/mol. The second-order valence-electron chi connectivity index (χ2n) is 3.22. The van der Waals surface area contributed by atoms with Crippen LogP contribution in [0.25, 0.3) is 0 Å². The summed E-state index contributed by atoms with van der Waals surface area (Å²) in [6, 6.07) is 7.37. The summed E-state index contributed by atoms with van der Waals surface area (Å²) in [5.41, 5.74) is 1.24. The number of hydrogen-bond acceptors (Lipinski definition) is 6. The standard InChI is InChI=1S/C9H12O2.Fe.H2O4S/c1-7(2)8-3-5-9(11-10)6-4-8;;1-5(2,3)4/h3-7,10H,1-2H3;;(H2,1,2,3,4)/q;+2;/p-2. The van der Waals surface area contributed by atoms with Gasteiger partial charge in [-0.25, -0.2) is 5.26 Å². The van der Waals surface area contributed by atoms with E-state index in [9.17, 15) is 0 Å². The summed E-state index contributed by atoms with van der Waals surface area (Å²) in [5, 5.41) is 8.27. The van der Waals surface area contributed by atoms with Crippen molar-refractivity contribution in [3.05, 3.63) is 29.8 Å². The van der Waals surface area contributed by atoms with Crippen molar-refractivity contribution in [2.75, 3.05) is 0 Å². The first-order chi connectivity index (χ1) is 7.24. The Morgan fingerprint density at radius 1 is 1.18 bits per heavy atom. The molecule has 0 fully saturated rings. The molecule has 0 aliphatic rings. The topological polar surface area (TPSA) is 110 Å². The molecule has 0 heterocycles. The Morgan fingerprint density at radius 2 is 1.53 bits per heavy atom. The monoisotopic (exact) mass is 304 g/mol. The van der Waals surface area contributed by atoms with Gasteiger partial charge in [-0.15, -0.1) is 0 Å². The second-order valence-corrected chi connectivity index (χ2v) is 4.04. The van der Waals surface area contributed by atoms with Crippen molar-refractivity contribution < 1.29 is 44.7 Å². The molecule has 17 heavy (non-hydrogen) atoms. The van der Waals surface area contributed by atoms with Crippen LogP contribution in [0.5, 0.6) is 5.75 Å². The van der Waals surface area contributed by atoms with Crippen LogP contribution in [0.3, 0.4) is 0 Å². The van der Waals surface area contributed by atoms with Crippen molar-refractivity contribution in [1.82, 2.24) is 0 Å². The second kappa shape index (κ2) is 8.46. The van der Waals surface area contributed by atoms with E-state index >= 15 is 0 Å². The Kier molecular flexibility index (Phi) is 9.32. The average molecular weight is 304 g/mol. The molecule has 0 aliphatic carbocycles. The van der Waals surface area contributed by atoms with Crippen LogP contribution in [0.2, 0.25) is 0 Å². The zero-order valence-electron chi connectivity index (χ0n) is 9.14. The van der Waals surface area contributed by atoms with Gasteiger partial charge in [-0.3, -0.25) is 8.42 Å². The Bertz CT molecular complexity index is 392. The fourth-order valence-electron chi connectivity index (χ4n) is 0.914. The zero-order chi connectivity index (χ0) is 12.8. The first-order valence-corrected chi connectivity index (χ1v) is 5.65. The predicted octanol–water partition coefficient (Wildman–Crippen LogP) is 1.32. The molecule has 8 heteroatoms. The van der Waals surface area contributed by atoms with Gasteiger partial charge in [-0.05, 0) is 23.6 Å². The summed E-state index contributed by atoms with van der Waals surface area (Å²) in [6.07, 6.45) is 0. The molecule has 1 N–H and O–H groups in total. The Hall–Kier alpha value is -0.631. The molecule has 0 radical (unpaired) electrons. The van der Waals surface area contributed by atoms with Gasteiger partial charge in [0.25, 0.3) is 0 Å². The molecule has 1 rings (SSSR count). The van der Waals surface area contributed by atoms with Crippen molar-refractivity contribution in [3.63, 3.8) is 0 Å². The maximum Gasteiger partial charge on any atom is 2.00 e. The van der Waals surface area contributed by atoms with E-state index in [1.807, 2.05) is 12.1 Å². The van der Waals surface area contributed by atoms with Gasteiger partial charge in [0.2, 0.25) is 0 Å². The van der Waals surface area contributed by atoms with Crippen LogP contribution in [-0.2, 0) is 27.5 Å². The van der Waals surface area contributed by atoms with Crippen LogP contribution in [0, 0.1) is 0 Å². The number of hydrogen-bond donors (Lipinski definition) is 1. The van der Waals surface area contributed by atoms with Crippen LogP contribution in [0.1, 0.15) is 25.3 Å².